The zero-order chi connectivity index (χ0) is 16.9. The van der Waals surface area contributed by atoms with Gasteiger partial charge >= 0.3 is 0 Å². The van der Waals surface area contributed by atoms with Crippen molar-refractivity contribution in [2.45, 2.75) is 12.8 Å². The van der Waals surface area contributed by atoms with E-state index < -0.39 is 5.41 Å². The van der Waals surface area contributed by atoms with Crippen LogP contribution in [0.3, 0.4) is 0 Å². The van der Waals surface area contributed by atoms with E-state index >= 15 is 0 Å². The van der Waals surface area contributed by atoms with Crippen LogP contribution < -0.4 is 25.3 Å². The van der Waals surface area contributed by atoms with Crippen LogP contribution in [0.1, 0.15) is 12.8 Å². The molecule has 0 saturated carbocycles. The average Bonchev–Trinajstić information content (AvgIpc) is 2.61. The summed E-state index contributed by atoms with van der Waals surface area (Å²) >= 11 is 0. The summed E-state index contributed by atoms with van der Waals surface area (Å²) in [5, 5.41) is 2.91. The van der Waals surface area contributed by atoms with Gasteiger partial charge in [-0.1, -0.05) is 0 Å². The number of nitrogens with one attached hydrogen (secondary N) is 1. The van der Waals surface area contributed by atoms with Crippen molar-refractivity contribution >= 4 is 24.0 Å². The maximum Gasteiger partial charge on any atom is 0.232 e. The lowest BCUT2D eigenvalue weighted by molar-refractivity contribution is -0.130. The van der Waals surface area contributed by atoms with E-state index in [-0.39, 0.29) is 24.9 Å². The van der Waals surface area contributed by atoms with Crippen molar-refractivity contribution in [1.29, 1.82) is 0 Å². The molecule has 8 heteroatoms. The normalized spacial score (nSPS) is 15.8. The highest BCUT2D eigenvalue weighted by molar-refractivity contribution is 5.96. The summed E-state index contributed by atoms with van der Waals surface area (Å²) in [4.78, 5) is 12.7. The Hall–Kier alpha value is -1.70. The van der Waals surface area contributed by atoms with Crippen LogP contribution in [0, 0.1) is 5.41 Å². The Morgan fingerprint density at radius 1 is 1.17 bits per heavy atom. The van der Waals surface area contributed by atoms with Gasteiger partial charge in [-0.25, -0.2) is 0 Å². The molecule has 1 aliphatic heterocycles. The van der Waals surface area contributed by atoms with Crippen LogP contribution in [0.5, 0.6) is 17.2 Å². The number of methoxy groups -OCH3 is 3. The first-order valence-corrected chi connectivity index (χ1v) is 7.49. The lowest BCUT2D eigenvalue weighted by Gasteiger charge is -2.34. The smallest absolute Gasteiger partial charge is 0.232 e. The molecule has 24 heavy (non-hydrogen) atoms. The second-order valence-corrected chi connectivity index (χ2v) is 5.46. The van der Waals surface area contributed by atoms with E-state index in [2.05, 4.69) is 5.32 Å². The van der Waals surface area contributed by atoms with Gasteiger partial charge in [-0.15, -0.1) is 12.4 Å². The fourth-order valence-electron chi connectivity index (χ4n) is 2.70. The summed E-state index contributed by atoms with van der Waals surface area (Å²) in [6, 6.07) is 3.39. The molecule has 0 aliphatic carbocycles. The molecule has 1 aromatic rings. The maximum atomic E-state index is 12.7. The molecular weight excluding hydrogens is 336 g/mol. The zero-order valence-electron chi connectivity index (χ0n) is 14.2. The fourth-order valence-corrected chi connectivity index (χ4v) is 2.70. The summed E-state index contributed by atoms with van der Waals surface area (Å²) < 4.78 is 21.2. The number of hydrogen-bond donors (Lipinski definition) is 2. The fraction of sp³-hybridized carbons (Fsp3) is 0.562. The number of carbonyl (C=O) groups excluding carboxylic acids is 1. The summed E-state index contributed by atoms with van der Waals surface area (Å²) in [6.45, 7) is 1.37. The number of benzene rings is 1. The molecule has 1 saturated heterocycles. The Labute approximate surface area is 148 Å². The SMILES string of the molecule is COc1cc(NC(=O)C2(CN)CCOCC2)cc(OC)c1OC.Cl. The van der Waals surface area contributed by atoms with E-state index in [0.29, 0.717) is 49.0 Å². The second kappa shape index (κ2) is 8.96. The Balaban J connectivity index is 0.00000288. The van der Waals surface area contributed by atoms with Gasteiger partial charge in [0, 0.05) is 37.6 Å². The molecule has 0 aromatic heterocycles. The lowest BCUT2D eigenvalue weighted by Crippen LogP contribution is -2.46. The third kappa shape index (κ3) is 4.03. The van der Waals surface area contributed by atoms with E-state index in [4.69, 9.17) is 24.7 Å². The molecule has 2 rings (SSSR count). The van der Waals surface area contributed by atoms with Crippen molar-refractivity contribution in [3.63, 3.8) is 0 Å². The number of halogens is 1. The maximum absolute atomic E-state index is 12.7. The Morgan fingerprint density at radius 2 is 1.71 bits per heavy atom. The predicted molar refractivity (Wildman–Crippen MR) is 93.5 cm³/mol. The van der Waals surface area contributed by atoms with E-state index in [9.17, 15) is 4.79 Å². The van der Waals surface area contributed by atoms with Crippen molar-refractivity contribution in [3.05, 3.63) is 12.1 Å². The lowest BCUT2D eigenvalue weighted by atomic mass is 9.79. The minimum atomic E-state index is -0.599. The van der Waals surface area contributed by atoms with Gasteiger partial charge in [-0.3, -0.25) is 4.79 Å². The summed E-state index contributed by atoms with van der Waals surface area (Å²) in [5.41, 5.74) is 5.84. The molecule has 0 radical (unpaired) electrons. The molecule has 7 nitrogen and oxygen atoms in total. The first-order chi connectivity index (χ1) is 11.1. The van der Waals surface area contributed by atoms with E-state index in [1.807, 2.05) is 0 Å². The van der Waals surface area contributed by atoms with E-state index in [1.165, 1.54) is 21.3 Å². The van der Waals surface area contributed by atoms with Gasteiger partial charge in [0.2, 0.25) is 11.7 Å². The van der Waals surface area contributed by atoms with Crippen molar-refractivity contribution in [2.24, 2.45) is 11.1 Å². The minimum absolute atomic E-state index is 0. The molecule has 1 aromatic carbocycles. The predicted octanol–water partition coefficient (Wildman–Crippen LogP) is 1.83. The molecule has 0 spiro atoms. The van der Waals surface area contributed by atoms with Gasteiger partial charge in [-0.2, -0.15) is 0 Å². The van der Waals surface area contributed by atoms with Crippen molar-refractivity contribution < 1.29 is 23.7 Å². The number of hydrogen-bond acceptors (Lipinski definition) is 6. The van der Waals surface area contributed by atoms with Gasteiger partial charge in [-0.05, 0) is 12.8 Å². The Bertz CT molecular complexity index is 536. The van der Waals surface area contributed by atoms with Crippen molar-refractivity contribution in [2.75, 3.05) is 46.4 Å². The topological polar surface area (TPSA) is 92.0 Å². The minimum Gasteiger partial charge on any atom is -0.493 e. The number of amides is 1. The molecule has 1 heterocycles. The molecule has 0 atom stereocenters. The van der Waals surface area contributed by atoms with Crippen LogP contribution in [0.4, 0.5) is 5.69 Å². The quantitative estimate of drug-likeness (QED) is 0.804. The zero-order valence-corrected chi connectivity index (χ0v) is 15.0. The standard InChI is InChI=1S/C16H24N2O5.ClH/c1-20-12-8-11(9-13(21-2)14(12)22-3)18-15(19)16(10-17)4-6-23-7-5-16;/h8-9H,4-7,10,17H2,1-3H3,(H,18,19);1H. The van der Waals surface area contributed by atoms with Crippen LogP contribution in [0.2, 0.25) is 0 Å². The highest BCUT2D eigenvalue weighted by Gasteiger charge is 2.39. The van der Waals surface area contributed by atoms with Crippen molar-refractivity contribution in [3.8, 4) is 17.2 Å². The number of nitrogens with two attached hydrogens (primary N) is 1. The van der Waals surface area contributed by atoms with Crippen LogP contribution in [0.25, 0.3) is 0 Å². The third-order valence-corrected chi connectivity index (χ3v) is 4.24. The Kier molecular flexibility index (Phi) is 7.59. The summed E-state index contributed by atoms with van der Waals surface area (Å²) in [7, 11) is 4.59. The summed E-state index contributed by atoms with van der Waals surface area (Å²) in [5.74, 6) is 1.33. The number of carbonyl (C=O) groups is 1. The molecule has 0 unspecified atom stereocenters. The molecule has 0 bridgehead atoms. The number of anilines is 1. The summed E-state index contributed by atoms with van der Waals surface area (Å²) in [6.07, 6.45) is 1.22. The van der Waals surface area contributed by atoms with Crippen molar-refractivity contribution in [1.82, 2.24) is 0 Å². The van der Waals surface area contributed by atoms with Gasteiger partial charge in [0.05, 0.1) is 26.7 Å². The molecule has 3 N–H and O–H groups in total. The van der Waals surface area contributed by atoms with E-state index in [0.717, 1.165) is 0 Å². The number of ether oxygens (including phenoxy) is 4. The molecule has 1 fully saturated rings. The molecule has 136 valence electrons. The number of rotatable bonds is 6. The van der Waals surface area contributed by atoms with Crippen LogP contribution in [-0.4, -0.2) is 47.0 Å². The third-order valence-electron chi connectivity index (χ3n) is 4.24. The van der Waals surface area contributed by atoms with Gasteiger partial charge in [0.1, 0.15) is 0 Å². The van der Waals surface area contributed by atoms with E-state index in [1.54, 1.807) is 12.1 Å². The van der Waals surface area contributed by atoms with Gasteiger partial charge < -0.3 is 30.0 Å². The van der Waals surface area contributed by atoms with Crippen LogP contribution >= 0.6 is 12.4 Å². The first kappa shape index (κ1) is 20.3. The second-order valence-electron chi connectivity index (χ2n) is 5.46. The highest BCUT2D eigenvalue weighted by atomic mass is 35.5. The first-order valence-electron chi connectivity index (χ1n) is 7.49. The van der Waals surface area contributed by atoms with Gasteiger partial charge in [0.15, 0.2) is 11.5 Å². The monoisotopic (exact) mass is 360 g/mol. The molecule has 1 aliphatic rings. The Morgan fingerprint density at radius 3 is 2.12 bits per heavy atom. The highest BCUT2D eigenvalue weighted by Crippen LogP contribution is 2.40. The van der Waals surface area contributed by atoms with Crippen LogP contribution in [0.15, 0.2) is 12.1 Å². The van der Waals surface area contributed by atoms with Gasteiger partial charge in [0.25, 0.3) is 0 Å². The molecule has 1 amide bonds. The average molecular weight is 361 g/mol. The largest absolute Gasteiger partial charge is 0.493 e. The molecular formula is C16H25ClN2O5. The van der Waals surface area contributed by atoms with Crippen LogP contribution in [-0.2, 0) is 9.53 Å².